The van der Waals surface area contributed by atoms with Crippen LogP contribution >= 0.6 is 0 Å². The highest BCUT2D eigenvalue weighted by atomic mass is 16.3. The van der Waals surface area contributed by atoms with Crippen LogP contribution in [0.15, 0.2) is 241 Å². The molecule has 0 bridgehead atoms. The fraction of sp³-hybridized carbons (Fsp3) is 0.0156. The molecule has 0 amide bonds. The third kappa shape index (κ3) is 5.84. The van der Waals surface area contributed by atoms with Crippen LogP contribution in [0.5, 0.6) is 0 Å². The number of fused-ring (bicyclic) bond motifs is 13. The molecule has 0 N–H and O–H groups in total. The van der Waals surface area contributed by atoms with Gasteiger partial charge >= 0.3 is 0 Å². The van der Waals surface area contributed by atoms with Crippen molar-refractivity contribution >= 4 is 21.9 Å². The van der Waals surface area contributed by atoms with E-state index in [1.807, 2.05) is 48.5 Å². The number of benzene rings is 10. The zero-order valence-corrected chi connectivity index (χ0v) is 36.8. The summed E-state index contributed by atoms with van der Waals surface area (Å²) in [4.78, 5) is 15.4. The summed E-state index contributed by atoms with van der Waals surface area (Å²) in [6.07, 6.45) is 0. The molecule has 10 aromatic carbocycles. The molecule has 0 radical (unpaired) electrons. The van der Waals surface area contributed by atoms with Crippen molar-refractivity contribution in [2.75, 3.05) is 0 Å². The molecule has 316 valence electrons. The Morgan fingerprint density at radius 3 is 1.21 bits per heavy atom. The number of aromatic nitrogens is 3. The summed E-state index contributed by atoms with van der Waals surface area (Å²) in [5, 5.41) is 2.07. The Bertz CT molecular complexity index is 3940. The summed E-state index contributed by atoms with van der Waals surface area (Å²) in [5.74, 6) is 1.82. The SMILES string of the molecule is c1ccc(-c2ccc3oc4ccc(-c5nc(-c6ccccc6)nc(-c6cccc(-c7cccc(-c8ccc9c(c8)-c8ccccc8C98c9ccccc9-c9ccccc98)c7)c6)n5)cc4c3c2)cc1. The van der Waals surface area contributed by atoms with Crippen LogP contribution in [0.4, 0.5) is 0 Å². The molecule has 4 heteroatoms. The minimum Gasteiger partial charge on any atom is -0.456 e. The largest absolute Gasteiger partial charge is 0.456 e. The van der Waals surface area contributed by atoms with Gasteiger partial charge in [0.05, 0.1) is 5.41 Å². The maximum atomic E-state index is 6.34. The van der Waals surface area contributed by atoms with Gasteiger partial charge in [-0.05, 0) is 126 Å². The summed E-state index contributed by atoms with van der Waals surface area (Å²) in [6.45, 7) is 0. The third-order valence-corrected chi connectivity index (χ3v) is 14.1. The topological polar surface area (TPSA) is 51.8 Å². The van der Waals surface area contributed by atoms with Gasteiger partial charge in [0.15, 0.2) is 17.5 Å². The molecule has 2 aliphatic rings. The fourth-order valence-corrected chi connectivity index (χ4v) is 11.1. The van der Waals surface area contributed by atoms with E-state index in [0.29, 0.717) is 17.5 Å². The molecule has 12 aromatic rings. The van der Waals surface area contributed by atoms with Crippen molar-refractivity contribution < 1.29 is 4.42 Å². The Kier molecular flexibility index (Phi) is 8.46. The van der Waals surface area contributed by atoms with E-state index in [2.05, 4.69) is 188 Å². The molecule has 2 heterocycles. The lowest BCUT2D eigenvalue weighted by molar-refractivity contribution is 0.669. The lowest BCUT2D eigenvalue weighted by Crippen LogP contribution is -2.25. The van der Waals surface area contributed by atoms with Crippen molar-refractivity contribution in [2.24, 2.45) is 0 Å². The zero-order valence-electron chi connectivity index (χ0n) is 36.8. The van der Waals surface area contributed by atoms with Gasteiger partial charge in [-0.15, -0.1) is 0 Å². The van der Waals surface area contributed by atoms with Crippen LogP contribution in [0.2, 0.25) is 0 Å². The quantitative estimate of drug-likeness (QED) is 0.167. The van der Waals surface area contributed by atoms with Crippen LogP contribution in [0.25, 0.3) is 112 Å². The van der Waals surface area contributed by atoms with Crippen molar-refractivity contribution in [1.82, 2.24) is 15.0 Å². The molecular formula is C64H39N3O. The Morgan fingerprint density at radius 1 is 0.250 bits per heavy atom. The van der Waals surface area contributed by atoms with E-state index >= 15 is 0 Å². The van der Waals surface area contributed by atoms with Gasteiger partial charge in [0.1, 0.15) is 11.2 Å². The summed E-state index contributed by atoms with van der Waals surface area (Å²) in [6, 6.07) is 84.7. The summed E-state index contributed by atoms with van der Waals surface area (Å²) in [7, 11) is 0. The third-order valence-electron chi connectivity index (χ3n) is 14.1. The molecule has 2 aromatic heterocycles. The number of hydrogen-bond donors (Lipinski definition) is 0. The lowest BCUT2D eigenvalue weighted by Gasteiger charge is -2.30. The molecule has 0 fully saturated rings. The van der Waals surface area contributed by atoms with Crippen molar-refractivity contribution in [3.63, 3.8) is 0 Å². The van der Waals surface area contributed by atoms with Gasteiger partial charge in [0.25, 0.3) is 0 Å². The second kappa shape index (κ2) is 15.0. The molecule has 0 aliphatic heterocycles. The Balaban J connectivity index is 0.852. The van der Waals surface area contributed by atoms with Crippen LogP contribution < -0.4 is 0 Å². The molecular weight excluding hydrogens is 827 g/mol. The van der Waals surface area contributed by atoms with E-state index < -0.39 is 0 Å². The maximum Gasteiger partial charge on any atom is 0.164 e. The van der Waals surface area contributed by atoms with Gasteiger partial charge in [-0.25, -0.2) is 15.0 Å². The first-order valence-electron chi connectivity index (χ1n) is 23.2. The smallest absolute Gasteiger partial charge is 0.164 e. The van der Waals surface area contributed by atoms with Crippen molar-refractivity contribution in [2.45, 2.75) is 5.41 Å². The van der Waals surface area contributed by atoms with Gasteiger partial charge in [-0.1, -0.05) is 188 Å². The number of nitrogens with zero attached hydrogens (tertiary/aromatic N) is 3. The van der Waals surface area contributed by atoms with Crippen LogP contribution in [0.3, 0.4) is 0 Å². The second-order valence-electron chi connectivity index (χ2n) is 17.9. The minimum absolute atomic E-state index is 0.359. The number of hydrogen-bond acceptors (Lipinski definition) is 4. The Morgan fingerprint density at radius 2 is 0.618 bits per heavy atom. The molecule has 68 heavy (non-hydrogen) atoms. The Labute approximate surface area is 393 Å². The van der Waals surface area contributed by atoms with Crippen LogP contribution in [-0.4, -0.2) is 15.0 Å². The predicted molar refractivity (Wildman–Crippen MR) is 276 cm³/mol. The van der Waals surface area contributed by atoms with Crippen molar-refractivity contribution in [3.05, 3.63) is 259 Å². The predicted octanol–water partition coefficient (Wildman–Crippen LogP) is 16.1. The highest BCUT2D eigenvalue weighted by molar-refractivity contribution is 6.07. The Hall–Kier alpha value is -8.99. The van der Waals surface area contributed by atoms with Crippen LogP contribution in [-0.2, 0) is 5.41 Å². The van der Waals surface area contributed by atoms with Gasteiger partial charge in [0.2, 0.25) is 0 Å². The molecule has 0 saturated carbocycles. The van der Waals surface area contributed by atoms with Gasteiger partial charge in [-0.2, -0.15) is 0 Å². The zero-order chi connectivity index (χ0) is 44.8. The van der Waals surface area contributed by atoms with Crippen molar-refractivity contribution in [1.29, 1.82) is 0 Å². The van der Waals surface area contributed by atoms with E-state index in [9.17, 15) is 0 Å². The number of furan rings is 1. The molecule has 4 nitrogen and oxygen atoms in total. The summed E-state index contributed by atoms with van der Waals surface area (Å²) >= 11 is 0. The van der Waals surface area contributed by atoms with Gasteiger partial charge in [0, 0.05) is 27.5 Å². The average Bonchev–Trinajstić information content (AvgIpc) is 4.04. The number of rotatable bonds is 6. The normalized spacial score (nSPS) is 12.8. The second-order valence-corrected chi connectivity index (χ2v) is 17.9. The molecule has 2 aliphatic carbocycles. The summed E-state index contributed by atoms with van der Waals surface area (Å²) in [5.41, 5.74) is 21.5. The standard InChI is InChI=1S/C64H39N3O/c1-3-15-40(16-4-1)45-30-33-59-53(38-45)54-39-48(31-34-60(54)68-59)63-66-61(41-17-5-2-6-18-41)65-62(67-63)47-22-14-21-44(36-47)42-19-13-20-43(35-42)46-29-32-58-52(37-46)51-25-9-12-28-57(51)64(58)55-26-10-7-23-49(55)50-24-8-11-27-56(50)64/h1-39H. The van der Waals surface area contributed by atoms with Gasteiger partial charge in [-0.3, -0.25) is 0 Å². The van der Waals surface area contributed by atoms with E-state index in [1.54, 1.807) is 0 Å². The van der Waals surface area contributed by atoms with E-state index in [1.165, 1.54) is 50.1 Å². The highest BCUT2D eigenvalue weighted by Gasteiger charge is 2.51. The first kappa shape index (κ1) is 38.3. The first-order valence-corrected chi connectivity index (χ1v) is 23.2. The van der Waals surface area contributed by atoms with Crippen LogP contribution in [0.1, 0.15) is 22.3 Å². The van der Waals surface area contributed by atoms with E-state index in [-0.39, 0.29) is 5.41 Å². The van der Waals surface area contributed by atoms with Crippen LogP contribution in [0, 0.1) is 0 Å². The highest BCUT2D eigenvalue weighted by Crippen LogP contribution is 2.63. The van der Waals surface area contributed by atoms with E-state index in [4.69, 9.17) is 19.4 Å². The fourth-order valence-electron chi connectivity index (χ4n) is 11.1. The molecule has 0 saturated heterocycles. The molecule has 1 spiro atoms. The monoisotopic (exact) mass is 865 g/mol. The van der Waals surface area contributed by atoms with Crippen molar-refractivity contribution in [3.8, 4) is 89.8 Å². The van der Waals surface area contributed by atoms with E-state index in [0.717, 1.165) is 66.4 Å². The molecule has 0 atom stereocenters. The average molecular weight is 866 g/mol. The maximum absolute atomic E-state index is 6.34. The first-order chi connectivity index (χ1) is 33.7. The molecule has 0 unspecified atom stereocenters. The molecule has 14 rings (SSSR count). The van der Waals surface area contributed by atoms with Gasteiger partial charge < -0.3 is 4.42 Å². The summed E-state index contributed by atoms with van der Waals surface area (Å²) < 4.78 is 6.34. The minimum atomic E-state index is -0.359. The lowest BCUT2D eigenvalue weighted by atomic mass is 9.70.